The number of benzene rings is 2. The largest absolute Gasteiger partial charge is 0.496 e. The summed E-state index contributed by atoms with van der Waals surface area (Å²) in [4.78, 5) is 26.1. The number of hydrogen-bond donors (Lipinski definition) is 1. The molecule has 28 heavy (non-hydrogen) atoms. The van der Waals surface area contributed by atoms with Gasteiger partial charge in [0.2, 0.25) is 0 Å². The molecule has 5 nitrogen and oxygen atoms in total. The molecule has 0 unspecified atom stereocenters. The molecule has 0 spiro atoms. The molecular weight excluding hydrogens is 352 g/mol. The highest BCUT2D eigenvalue weighted by molar-refractivity contribution is 6.00. The fraction of sp³-hybridized carbons (Fsp3) is 0.391. The van der Waals surface area contributed by atoms with Crippen molar-refractivity contribution in [1.29, 1.82) is 0 Å². The molecule has 0 atom stereocenters. The highest BCUT2D eigenvalue weighted by Gasteiger charge is 2.25. The van der Waals surface area contributed by atoms with E-state index in [0.29, 0.717) is 23.4 Å². The van der Waals surface area contributed by atoms with E-state index < -0.39 is 0 Å². The average molecular weight is 383 g/mol. The number of nitrogens with one attached hydrogen (secondary N) is 1. The van der Waals surface area contributed by atoms with Crippen LogP contribution in [0.5, 0.6) is 5.75 Å². The fourth-order valence-corrected chi connectivity index (χ4v) is 3.15. The van der Waals surface area contributed by atoms with Crippen LogP contribution >= 0.6 is 0 Å². The summed E-state index contributed by atoms with van der Waals surface area (Å²) in [6.45, 7) is 12.2. The van der Waals surface area contributed by atoms with Gasteiger partial charge in [-0.05, 0) is 50.5 Å². The number of ether oxygens (including phenoxy) is 1. The summed E-state index contributed by atoms with van der Waals surface area (Å²) >= 11 is 0. The summed E-state index contributed by atoms with van der Waals surface area (Å²) in [6.07, 6.45) is 0. The minimum atomic E-state index is -0.335. The lowest BCUT2D eigenvalue weighted by Gasteiger charge is -2.30. The van der Waals surface area contributed by atoms with Crippen molar-refractivity contribution in [2.45, 2.75) is 41.5 Å². The van der Waals surface area contributed by atoms with Gasteiger partial charge in [-0.15, -0.1) is 0 Å². The Morgan fingerprint density at radius 1 is 1.04 bits per heavy atom. The molecule has 0 saturated heterocycles. The van der Waals surface area contributed by atoms with Crippen LogP contribution in [-0.4, -0.2) is 30.5 Å². The maximum atomic E-state index is 13.2. The number of carbonyl (C=O) groups excluding carboxylic acids is 2. The predicted molar refractivity (Wildman–Crippen MR) is 112 cm³/mol. The summed E-state index contributed by atoms with van der Waals surface area (Å²) in [5.41, 5.74) is 6.41. The Bertz CT molecular complexity index is 862. The third-order valence-electron chi connectivity index (χ3n) is 4.33. The topological polar surface area (TPSA) is 58.6 Å². The maximum Gasteiger partial charge on any atom is 0.272 e. The number of nitrogens with zero attached hydrogens (tertiary/aromatic N) is 1. The van der Waals surface area contributed by atoms with Gasteiger partial charge >= 0.3 is 0 Å². The maximum absolute atomic E-state index is 13.2. The number of methoxy groups -OCH3 is 1. The predicted octanol–water partition coefficient (Wildman–Crippen LogP) is 4.45. The van der Waals surface area contributed by atoms with Gasteiger partial charge in [0.1, 0.15) is 5.75 Å². The third-order valence-corrected chi connectivity index (χ3v) is 4.33. The first kappa shape index (κ1) is 21.5. The van der Waals surface area contributed by atoms with E-state index in [1.165, 1.54) is 5.01 Å². The van der Waals surface area contributed by atoms with E-state index in [0.717, 1.165) is 16.7 Å². The van der Waals surface area contributed by atoms with Gasteiger partial charge in [-0.3, -0.25) is 15.0 Å². The summed E-state index contributed by atoms with van der Waals surface area (Å²) in [6, 6.07) is 11.0. The van der Waals surface area contributed by atoms with Crippen molar-refractivity contribution in [3.05, 3.63) is 64.2 Å². The van der Waals surface area contributed by atoms with E-state index in [4.69, 9.17) is 4.74 Å². The lowest BCUT2D eigenvalue weighted by molar-refractivity contribution is 0.0509. The van der Waals surface area contributed by atoms with E-state index in [-0.39, 0.29) is 17.2 Å². The van der Waals surface area contributed by atoms with Crippen molar-refractivity contribution in [2.24, 2.45) is 5.41 Å². The quantitative estimate of drug-likeness (QED) is 0.795. The van der Waals surface area contributed by atoms with E-state index >= 15 is 0 Å². The van der Waals surface area contributed by atoms with Crippen molar-refractivity contribution in [1.82, 2.24) is 10.4 Å². The van der Waals surface area contributed by atoms with Crippen molar-refractivity contribution >= 4 is 11.8 Å². The molecule has 2 rings (SSSR count). The van der Waals surface area contributed by atoms with Crippen molar-refractivity contribution in [3.63, 3.8) is 0 Å². The van der Waals surface area contributed by atoms with Crippen LogP contribution < -0.4 is 10.2 Å². The molecule has 0 bridgehead atoms. The van der Waals surface area contributed by atoms with Crippen LogP contribution in [0.25, 0.3) is 0 Å². The Labute approximate surface area is 167 Å². The Morgan fingerprint density at radius 3 is 2.18 bits per heavy atom. The summed E-state index contributed by atoms with van der Waals surface area (Å²) < 4.78 is 5.30. The van der Waals surface area contributed by atoms with E-state index in [1.54, 1.807) is 25.3 Å². The standard InChI is InChI=1S/C23H30N2O3/c1-15-11-16(2)13-18(12-15)22(27)25(14-23(4,5)6)24-21(26)19-9-8-10-20(28-7)17(19)3/h8-13H,14H2,1-7H3,(H,24,26). The van der Waals surface area contributed by atoms with Gasteiger partial charge in [-0.1, -0.05) is 44.0 Å². The van der Waals surface area contributed by atoms with E-state index in [9.17, 15) is 9.59 Å². The first-order valence-electron chi connectivity index (χ1n) is 9.36. The Balaban J connectivity index is 2.36. The molecule has 0 aromatic heterocycles. The molecule has 2 amide bonds. The Morgan fingerprint density at radius 2 is 1.64 bits per heavy atom. The monoisotopic (exact) mass is 382 g/mol. The summed E-state index contributed by atoms with van der Waals surface area (Å²) in [5.74, 6) is 0.0738. The molecule has 0 heterocycles. The minimum absolute atomic E-state index is 0.189. The number of hydrazine groups is 1. The van der Waals surface area contributed by atoms with Crippen molar-refractivity contribution in [3.8, 4) is 5.75 Å². The molecule has 0 fully saturated rings. The van der Waals surface area contributed by atoms with Crippen LogP contribution in [0.2, 0.25) is 0 Å². The second kappa shape index (κ2) is 8.46. The smallest absolute Gasteiger partial charge is 0.272 e. The molecule has 5 heteroatoms. The van der Waals surface area contributed by atoms with E-state index in [2.05, 4.69) is 5.43 Å². The molecule has 2 aromatic carbocycles. The molecular formula is C23H30N2O3. The normalized spacial score (nSPS) is 11.1. The van der Waals surface area contributed by atoms with Crippen LogP contribution in [0.1, 0.15) is 58.2 Å². The minimum Gasteiger partial charge on any atom is -0.496 e. The van der Waals surface area contributed by atoms with Crippen LogP contribution in [0.15, 0.2) is 36.4 Å². The van der Waals surface area contributed by atoms with Gasteiger partial charge in [0.05, 0.1) is 7.11 Å². The van der Waals surface area contributed by atoms with Crippen molar-refractivity contribution in [2.75, 3.05) is 13.7 Å². The first-order chi connectivity index (χ1) is 13.0. The zero-order chi connectivity index (χ0) is 21.1. The second-order valence-corrected chi connectivity index (χ2v) is 8.40. The van der Waals surface area contributed by atoms with Crippen LogP contribution in [0.4, 0.5) is 0 Å². The third kappa shape index (κ3) is 5.35. The van der Waals surface area contributed by atoms with Gasteiger partial charge in [-0.2, -0.15) is 0 Å². The lowest BCUT2D eigenvalue weighted by Crippen LogP contribution is -2.49. The molecule has 0 aliphatic heterocycles. The Hall–Kier alpha value is -2.82. The summed E-state index contributed by atoms with van der Waals surface area (Å²) in [5, 5.41) is 1.41. The zero-order valence-electron chi connectivity index (χ0n) is 17.8. The number of rotatable bonds is 4. The van der Waals surface area contributed by atoms with Gasteiger partial charge in [0.15, 0.2) is 0 Å². The lowest BCUT2D eigenvalue weighted by atomic mass is 9.96. The molecule has 150 valence electrons. The number of amides is 2. The highest BCUT2D eigenvalue weighted by atomic mass is 16.5. The van der Waals surface area contributed by atoms with Crippen LogP contribution in [0.3, 0.4) is 0 Å². The average Bonchev–Trinajstić information content (AvgIpc) is 2.58. The molecule has 2 aromatic rings. The van der Waals surface area contributed by atoms with E-state index in [1.807, 2.05) is 59.7 Å². The number of hydrogen-bond acceptors (Lipinski definition) is 3. The van der Waals surface area contributed by atoms with Crippen LogP contribution in [0, 0.1) is 26.2 Å². The van der Waals surface area contributed by atoms with Gasteiger partial charge in [0, 0.05) is 23.2 Å². The highest BCUT2D eigenvalue weighted by Crippen LogP contribution is 2.22. The second-order valence-electron chi connectivity index (χ2n) is 8.40. The van der Waals surface area contributed by atoms with Gasteiger partial charge < -0.3 is 4.74 Å². The van der Waals surface area contributed by atoms with Crippen molar-refractivity contribution < 1.29 is 14.3 Å². The zero-order valence-corrected chi connectivity index (χ0v) is 17.8. The first-order valence-corrected chi connectivity index (χ1v) is 9.36. The molecule has 0 radical (unpaired) electrons. The number of carbonyl (C=O) groups is 2. The SMILES string of the molecule is COc1cccc(C(=O)NN(CC(C)(C)C)C(=O)c2cc(C)cc(C)c2)c1C. The van der Waals surface area contributed by atoms with Gasteiger partial charge in [0.25, 0.3) is 11.8 Å². The molecule has 0 aliphatic carbocycles. The van der Waals surface area contributed by atoms with Crippen LogP contribution in [-0.2, 0) is 0 Å². The number of aryl methyl sites for hydroxylation is 2. The molecule has 0 aliphatic rings. The Kier molecular flexibility index (Phi) is 6.49. The molecule has 1 N–H and O–H groups in total. The van der Waals surface area contributed by atoms with Gasteiger partial charge in [-0.25, -0.2) is 5.01 Å². The summed E-state index contributed by atoms with van der Waals surface area (Å²) in [7, 11) is 1.57. The molecule has 0 saturated carbocycles. The fourth-order valence-electron chi connectivity index (χ4n) is 3.15.